The second kappa shape index (κ2) is 9.74. The Hall–Kier alpha value is -2.57. The van der Waals surface area contributed by atoms with E-state index in [9.17, 15) is 4.79 Å². The molecule has 2 aliphatic rings. The van der Waals surface area contributed by atoms with Gasteiger partial charge < -0.3 is 19.9 Å². The van der Waals surface area contributed by atoms with E-state index >= 15 is 0 Å². The lowest BCUT2D eigenvalue weighted by atomic mass is 9.90. The van der Waals surface area contributed by atoms with Crippen LogP contribution in [0.15, 0.2) is 42.7 Å². The maximum Gasteiger partial charge on any atom is 0.253 e. The number of carbonyl (C=O) groups is 1. The summed E-state index contributed by atoms with van der Waals surface area (Å²) in [6, 6.07) is 9.75. The number of methoxy groups -OCH3 is 1. The van der Waals surface area contributed by atoms with Crippen LogP contribution in [0, 0.1) is 0 Å². The third-order valence-corrected chi connectivity index (χ3v) is 6.53. The molecule has 0 spiro atoms. The number of piperidine rings is 1. The fourth-order valence-electron chi connectivity index (χ4n) is 4.36. The normalized spacial score (nSPS) is 18.8. The minimum absolute atomic E-state index is 0.0447. The molecule has 1 saturated heterocycles. The van der Waals surface area contributed by atoms with Crippen LogP contribution in [-0.4, -0.2) is 47.6 Å². The van der Waals surface area contributed by atoms with Gasteiger partial charge in [-0.1, -0.05) is 38.4 Å². The van der Waals surface area contributed by atoms with Gasteiger partial charge in [0.2, 0.25) is 0 Å². The molecule has 7 heteroatoms. The third kappa shape index (κ3) is 5.17. The zero-order valence-electron chi connectivity index (χ0n) is 19.9. The number of hydrogen-bond acceptors (Lipinski definition) is 5. The average Bonchev–Trinajstić information content (AvgIpc) is 3.22. The van der Waals surface area contributed by atoms with Crippen molar-refractivity contribution < 1.29 is 9.53 Å². The number of aromatic nitrogens is 1. The molecule has 0 aliphatic carbocycles. The first-order valence-corrected chi connectivity index (χ1v) is 11.9. The molecule has 0 radical (unpaired) electrons. The SMILES string of the molecule is COCN1C=C(c2ccc(C(=O)N3CCCCC3)cc2Cl)NC1c1ccnc(C(C)(C)C)c1. The minimum Gasteiger partial charge on any atom is -0.364 e. The number of benzene rings is 1. The van der Waals surface area contributed by atoms with Gasteiger partial charge in [0.15, 0.2) is 0 Å². The summed E-state index contributed by atoms with van der Waals surface area (Å²) >= 11 is 6.68. The Morgan fingerprint density at radius 3 is 2.61 bits per heavy atom. The molecule has 2 aliphatic heterocycles. The molecule has 33 heavy (non-hydrogen) atoms. The second-order valence-corrected chi connectivity index (χ2v) is 10.2. The molecule has 1 amide bonds. The van der Waals surface area contributed by atoms with E-state index in [4.69, 9.17) is 16.3 Å². The summed E-state index contributed by atoms with van der Waals surface area (Å²) in [7, 11) is 1.68. The quantitative estimate of drug-likeness (QED) is 0.656. The van der Waals surface area contributed by atoms with Gasteiger partial charge in [0.05, 0.1) is 10.7 Å². The van der Waals surface area contributed by atoms with E-state index in [0.717, 1.165) is 48.4 Å². The minimum atomic E-state index is -0.102. The Kier molecular flexibility index (Phi) is 6.96. The number of hydrogen-bond donors (Lipinski definition) is 1. The number of ether oxygens (including phenoxy) is 1. The highest BCUT2D eigenvalue weighted by Crippen LogP contribution is 2.34. The number of nitrogens with zero attached hydrogens (tertiary/aromatic N) is 3. The lowest BCUT2D eigenvalue weighted by molar-refractivity contribution is 0.0711. The van der Waals surface area contributed by atoms with Crippen LogP contribution in [0.1, 0.15) is 73.4 Å². The number of halogens is 1. The van der Waals surface area contributed by atoms with E-state index in [2.05, 4.69) is 42.0 Å². The first-order valence-electron chi connectivity index (χ1n) is 11.6. The van der Waals surface area contributed by atoms with E-state index < -0.39 is 0 Å². The summed E-state index contributed by atoms with van der Waals surface area (Å²) in [6.45, 7) is 8.54. The van der Waals surface area contributed by atoms with Crippen LogP contribution in [0.25, 0.3) is 5.70 Å². The third-order valence-electron chi connectivity index (χ3n) is 6.21. The van der Waals surface area contributed by atoms with E-state index in [1.807, 2.05) is 35.5 Å². The highest BCUT2D eigenvalue weighted by Gasteiger charge is 2.29. The summed E-state index contributed by atoms with van der Waals surface area (Å²) in [5.74, 6) is 0.0573. The van der Waals surface area contributed by atoms with Crippen LogP contribution in [-0.2, 0) is 10.2 Å². The fourth-order valence-corrected chi connectivity index (χ4v) is 4.65. The zero-order valence-corrected chi connectivity index (χ0v) is 20.7. The summed E-state index contributed by atoms with van der Waals surface area (Å²) in [5.41, 5.74) is 4.49. The lowest BCUT2D eigenvalue weighted by Crippen LogP contribution is -2.35. The Morgan fingerprint density at radius 1 is 1.18 bits per heavy atom. The van der Waals surface area contributed by atoms with Gasteiger partial charge >= 0.3 is 0 Å². The van der Waals surface area contributed by atoms with Crippen LogP contribution in [0.2, 0.25) is 5.02 Å². The Labute approximate surface area is 201 Å². The largest absolute Gasteiger partial charge is 0.364 e. The van der Waals surface area contributed by atoms with Crippen LogP contribution < -0.4 is 5.32 Å². The molecule has 1 aromatic heterocycles. The maximum atomic E-state index is 12.9. The molecule has 4 rings (SSSR count). The summed E-state index contributed by atoms with van der Waals surface area (Å²) in [5, 5.41) is 4.14. The van der Waals surface area contributed by atoms with Crippen molar-refractivity contribution in [3.63, 3.8) is 0 Å². The first-order chi connectivity index (χ1) is 15.8. The predicted octanol–water partition coefficient (Wildman–Crippen LogP) is 5.16. The number of rotatable bonds is 5. The molecule has 2 aromatic rings. The van der Waals surface area contributed by atoms with Crippen molar-refractivity contribution in [2.75, 3.05) is 26.9 Å². The number of likely N-dealkylation sites (tertiary alicyclic amines) is 1. The molecule has 1 N–H and O–H groups in total. The number of nitrogens with one attached hydrogen (secondary N) is 1. The van der Waals surface area contributed by atoms with Gasteiger partial charge in [-0.05, 0) is 49.1 Å². The predicted molar refractivity (Wildman–Crippen MR) is 132 cm³/mol. The molecule has 6 nitrogen and oxygen atoms in total. The van der Waals surface area contributed by atoms with Crippen LogP contribution >= 0.6 is 11.6 Å². The molecule has 1 unspecified atom stereocenters. The maximum absolute atomic E-state index is 12.9. The van der Waals surface area contributed by atoms with Crippen molar-refractivity contribution in [3.05, 3.63) is 70.1 Å². The topological polar surface area (TPSA) is 57.7 Å². The van der Waals surface area contributed by atoms with Crippen molar-refractivity contribution >= 4 is 23.2 Å². The van der Waals surface area contributed by atoms with Crippen molar-refractivity contribution in [3.8, 4) is 0 Å². The van der Waals surface area contributed by atoms with E-state index in [-0.39, 0.29) is 17.5 Å². The van der Waals surface area contributed by atoms with Gasteiger partial charge in [-0.2, -0.15) is 0 Å². The molecule has 0 saturated carbocycles. The standard InChI is InChI=1S/C26H33ClN4O2/c1-26(2,3)23-15-18(10-11-28-23)24-29-22(16-31(24)17-33-4)20-9-8-19(14-21(20)27)25(32)30-12-6-5-7-13-30/h8-11,14-16,24,29H,5-7,12-13,17H2,1-4H3. The van der Waals surface area contributed by atoms with E-state index in [0.29, 0.717) is 17.3 Å². The summed E-state index contributed by atoms with van der Waals surface area (Å²) in [4.78, 5) is 21.5. The molecule has 1 fully saturated rings. The van der Waals surface area contributed by atoms with Gasteiger partial charge in [-0.25, -0.2) is 0 Å². The number of pyridine rings is 1. The van der Waals surface area contributed by atoms with Crippen LogP contribution in [0.4, 0.5) is 0 Å². The number of amides is 1. The van der Waals surface area contributed by atoms with Crippen molar-refractivity contribution in [2.24, 2.45) is 0 Å². The summed E-state index contributed by atoms with van der Waals surface area (Å²) in [6.07, 6.45) is 7.10. The second-order valence-electron chi connectivity index (χ2n) is 9.79. The smallest absolute Gasteiger partial charge is 0.253 e. The van der Waals surface area contributed by atoms with Crippen LogP contribution in [0.3, 0.4) is 0 Å². The fraction of sp³-hybridized carbons (Fsp3) is 0.462. The summed E-state index contributed by atoms with van der Waals surface area (Å²) < 4.78 is 5.45. The lowest BCUT2D eigenvalue weighted by Gasteiger charge is -2.27. The Morgan fingerprint density at radius 2 is 1.94 bits per heavy atom. The van der Waals surface area contributed by atoms with Gasteiger partial charge in [-0.15, -0.1) is 0 Å². The van der Waals surface area contributed by atoms with Crippen molar-refractivity contribution in [2.45, 2.75) is 51.6 Å². The number of carbonyl (C=O) groups excluding carboxylic acids is 1. The highest BCUT2D eigenvalue weighted by atomic mass is 35.5. The van der Waals surface area contributed by atoms with Crippen molar-refractivity contribution in [1.29, 1.82) is 0 Å². The molecule has 1 atom stereocenters. The molecule has 0 bridgehead atoms. The monoisotopic (exact) mass is 468 g/mol. The van der Waals surface area contributed by atoms with Gasteiger partial charge in [0.1, 0.15) is 12.9 Å². The van der Waals surface area contributed by atoms with Crippen LogP contribution in [0.5, 0.6) is 0 Å². The Bertz CT molecular complexity index is 1040. The molecular formula is C26H33ClN4O2. The van der Waals surface area contributed by atoms with E-state index in [1.54, 1.807) is 13.2 Å². The molecule has 1 aromatic carbocycles. The average molecular weight is 469 g/mol. The molecule has 3 heterocycles. The molecular weight excluding hydrogens is 436 g/mol. The van der Waals surface area contributed by atoms with Gasteiger partial charge in [-0.3, -0.25) is 9.78 Å². The van der Waals surface area contributed by atoms with Crippen molar-refractivity contribution in [1.82, 2.24) is 20.1 Å². The van der Waals surface area contributed by atoms with E-state index in [1.165, 1.54) is 6.42 Å². The highest BCUT2D eigenvalue weighted by molar-refractivity contribution is 6.32. The molecule has 176 valence electrons. The zero-order chi connectivity index (χ0) is 23.6. The Balaban J connectivity index is 1.58. The van der Waals surface area contributed by atoms with Gasteiger partial charge in [0, 0.05) is 54.8 Å². The first kappa shape index (κ1) is 23.6. The van der Waals surface area contributed by atoms with Gasteiger partial charge in [0.25, 0.3) is 5.91 Å².